The molecule has 9 heavy (non-hydrogen) atoms. The van der Waals surface area contributed by atoms with Crippen molar-refractivity contribution in [2.75, 3.05) is 0 Å². The smallest absolute Gasteiger partial charge is 0.812 e. The van der Waals surface area contributed by atoms with Gasteiger partial charge < -0.3 is 20.1 Å². The van der Waals surface area contributed by atoms with Crippen LogP contribution in [0.2, 0.25) is 0 Å². The van der Waals surface area contributed by atoms with Crippen LogP contribution in [0.15, 0.2) is 0 Å². The molecule has 0 radical (unpaired) electrons. The van der Waals surface area contributed by atoms with Crippen LogP contribution < -0.4 is 91.2 Å². The summed E-state index contributed by atoms with van der Waals surface area (Å²) in [7, 11) is 0. The van der Waals surface area contributed by atoms with E-state index < -0.39 is 6.16 Å². The molecular formula is C2HKNNaO4. The fraction of sp³-hybridized carbons (Fsp3) is 0. The van der Waals surface area contributed by atoms with Crippen molar-refractivity contribution >= 4 is 6.16 Å². The first-order chi connectivity index (χ1) is 3.15. The van der Waals surface area contributed by atoms with Crippen LogP contribution in [0.1, 0.15) is 0 Å². The molecular weight excluding hydrogens is 164 g/mol. The molecule has 0 rings (SSSR count). The first-order valence-electron chi connectivity index (χ1n) is 1.06. The maximum Gasteiger partial charge on any atom is 1.00 e. The van der Waals surface area contributed by atoms with Crippen LogP contribution in [-0.2, 0) is 0 Å². The van der Waals surface area contributed by atoms with Gasteiger partial charge in [0.15, 0.2) is 0 Å². The molecule has 0 bridgehead atoms. The Balaban J connectivity index is -0.0000000233. The van der Waals surface area contributed by atoms with E-state index in [1.165, 1.54) is 0 Å². The van der Waals surface area contributed by atoms with Gasteiger partial charge in [-0.05, 0) is 0 Å². The molecule has 0 aliphatic rings. The minimum absolute atomic E-state index is 0. The van der Waals surface area contributed by atoms with Gasteiger partial charge in [0.05, 0.1) is 0 Å². The average Bonchev–Trinajstić information content (AvgIpc) is 1.33. The van der Waals surface area contributed by atoms with Crippen LogP contribution in [0.4, 0.5) is 4.79 Å². The molecule has 0 aromatic heterocycles. The van der Waals surface area contributed by atoms with E-state index in [2.05, 4.69) is 0 Å². The van der Waals surface area contributed by atoms with Gasteiger partial charge in [-0.2, -0.15) is 0 Å². The van der Waals surface area contributed by atoms with E-state index in [0.717, 1.165) is 0 Å². The van der Waals surface area contributed by atoms with Crippen molar-refractivity contribution in [1.82, 2.24) is 0 Å². The number of carboxylic acid groups (broad SMARTS) is 2. The zero-order chi connectivity index (χ0) is 6.28. The Morgan fingerprint density at radius 3 is 1.67 bits per heavy atom. The molecule has 1 N–H and O–H groups in total. The van der Waals surface area contributed by atoms with Gasteiger partial charge in [-0.15, -0.1) is 0 Å². The van der Waals surface area contributed by atoms with Crippen molar-refractivity contribution in [2.45, 2.75) is 0 Å². The van der Waals surface area contributed by atoms with Gasteiger partial charge in [0.1, 0.15) is 0 Å². The van der Waals surface area contributed by atoms with Crippen molar-refractivity contribution in [3.8, 4) is 6.26 Å². The molecule has 0 aromatic carbocycles. The third-order valence-electron chi connectivity index (χ3n) is 0. The van der Waals surface area contributed by atoms with Crippen molar-refractivity contribution in [2.24, 2.45) is 0 Å². The van der Waals surface area contributed by atoms with Crippen LogP contribution in [-0.4, -0.2) is 11.3 Å². The second-order valence-electron chi connectivity index (χ2n) is 0.357. The summed E-state index contributed by atoms with van der Waals surface area (Å²) in [6, 6.07) is 0. The first kappa shape index (κ1) is 22.5. The summed E-state index contributed by atoms with van der Waals surface area (Å²) in [5, 5.41) is 30.3. The standard InChI is InChI=1S/CHNO.CH2O3.K.Na/c2-1-3;2-1(3)4;;/h3H;(H2,2,3,4);;/q;;2*+1/p-2. The van der Waals surface area contributed by atoms with Crippen LogP contribution in [0.5, 0.6) is 0 Å². The quantitative estimate of drug-likeness (QED) is 0.283. The Morgan fingerprint density at radius 2 is 1.67 bits per heavy atom. The summed E-state index contributed by atoms with van der Waals surface area (Å²) >= 11 is 0. The molecule has 0 amide bonds. The van der Waals surface area contributed by atoms with E-state index in [-0.39, 0.29) is 80.9 Å². The van der Waals surface area contributed by atoms with E-state index in [4.69, 9.17) is 25.4 Å². The molecule has 7 heteroatoms. The summed E-state index contributed by atoms with van der Waals surface area (Å²) < 4.78 is 0. The molecule has 0 fully saturated rings. The molecule has 0 spiro atoms. The molecule has 0 unspecified atom stereocenters. The summed E-state index contributed by atoms with van der Waals surface area (Å²) in [4.78, 5) is 8.44. The van der Waals surface area contributed by atoms with Gasteiger partial charge >= 0.3 is 80.9 Å². The number of carbonyl (C=O) groups is 1. The Kier molecular flexibility index (Phi) is 57.1. The van der Waals surface area contributed by atoms with Gasteiger partial charge in [0.2, 0.25) is 6.16 Å². The van der Waals surface area contributed by atoms with Gasteiger partial charge in [-0.25, -0.2) is 5.26 Å². The Bertz CT molecular complexity index is 87.1. The molecule has 0 aromatic rings. The van der Waals surface area contributed by atoms with Crippen LogP contribution in [0.3, 0.4) is 0 Å². The van der Waals surface area contributed by atoms with E-state index in [9.17, 15) is 0 Å². The van der Waals surface area contributed by atoms with Crippen LogP contribution >= 0.6 is 0 Å². The number of nitriles is 1. The Morgan fingerprint density at radius 1 is 1.67 bits per heavy atom. The normalized spacial score (nSPS) is 3.44. The van der Waals surface area contributed by atoms with Gasteiger partial charge in [-0.3, -0.25) is 0 Å². The second-order valence-corrected chi connectivity index (χ2v) is 0.357. The van der Waals surface area contributed by atoms with E-state index in [1.54, 1.807) is 0 Å². The topological polar surface area (TPSA) is 107 Å². The number of rotatable bonds is 0. The molecule has 5 nitrogen and oxygen atoms in total. The number of hydrogen-bond acceptors (Lipinski definition) is 4. The fourth-order valence-corrected chi connectivity index (χ4v) is 0. The maximum atomic E-state index is 8.44. The minimum Gasteiger partial charge on any atom is -0.812 e. The van der Waals surface area contributed by atoms with E-state index in [1.807, 2.05) is 0 Å². The average molecular weight is 165 g/mol. The molecule has 0 saturated carbocycles. The third kappa shape index (κ3) is 333. The Hall–Kier alpha value is 1.20. The minimum atomic E-state index is -2.08. The van der Waals surface area contributed by atoms with Gasteiger partial charge in [0, 0.05) is 6.26 Å². The summed E-state index contributed by atoms with van der Waals surface area (Å²) in [5.74, 6) is 0. The maximum absolute atomic E-state index is 8.44. The van der Waals surface area contributed by atoms with Gasteiger partial charge in [0.25, 0.3) is 0 Å². The van der Waals surface area contributed by atoms with Crippen LogP contribution in [0.25, 0.3) is 0 Å². The molecule has 0 heterocycles. The number of nitrogens with zero attached hydrogens (tertiary/aromatic N) is 1. The van der Waals surface area contributed by atoms with Crippen molar-refractivity contribution in [3.63, 3.8) is 0 Å². The second kappa shape index (κ2) is 22.9. The van der Waals surface area contributed by atoms with Gasteiger partial charge in [-0.1, -0.05) is 0 Å². The predicted molar refractivity (Wildman–Crippen MR) is 13.6 cm³/mol. The fourth-order valence-electron chi connectivity index (χ4n) is 0. The predicted octanol–water partition coefficient (Wildman–Crippen LogP) is -8.28. The monoisotopic (exact) mass is 165 g/mol. The zero-order valence-electron chi connectivity index (χ0n) is 5.12. The summed E-state index contributed by atoms with van der Waals surface area (Å²) in [5.41, 5.74) is 0. The largest absolute Gasteiger partial charge is 1.00 e. The first-order valence-corrected chi connectivity index (χ1v) is 1.06. The molecule has 40 valence electrons. The number of hydrogen-bond donors (Lipinski definition) is 1. The van der Waals surface area contributed by atoms with Crippen molar-refractivity contribution in [1.29, 1.82) is 5.26 Å². The Labute approximate surface area is 116 Å². The zero-order valence-corrected chi connectivity index (χ0v) is 10.2. The molecule has 0 aliphatic heterocycles. The molecule has 0 saturated heterocycles. The van der Waals surface area contributed by atoms with Crippen LogP contribution in [0, 0.1) is 11.5 Å². The third-order valence-corrected chi connectivity index (χ3v) is 0. The van der Waals surface area contributed by atoms with E-state index in [0.29, 0.717) is 6.26 Å². The van der Waals surface area contributed by atoms with E-state index >= 15 is 0 Å². The summed E-state index contributed by atoms with van der Waals surface area (Å²) in [6.45, 7) is 0. The van der Waals surface area contributed by atoms with Crippen molar-refractivity contribution in [3.05, 3.63) is 0 Å². The molecule has 0 atom stereocenters. The SMILES string of the molecule is N#C[O-].O=C([O-])O.[K+].[Na+]. The molecule has 0 aliphatic carbocycles. The van der Waals surface area contributed by atoms with Crippen molar-refractivity contribution < 1.29 is 101 Å². The summed E-state index contributed by atoms with van der Waals surface area (Å²) in [6.07, 6.45) is -1.58.